The van der Waals surface area contributed by atoms with Gasteiger partial charge in [0.1, 0.15) is 18.2 Å². The van der Waals surface area contributed by atoms with Crippen LogP contribution in [0.5, 0.6) is 5.75 Å². The topological polar surface area (TPSA) is 49.8 Å². The van der Waals surface area contributed by atoms with E-state index in [0.717, 1.165) is 53.2 Å². The Kier molecular flexibility index (Phi) is 6.76. The van der Waals surface area contributed by atoms with E-state index in [2.05, 4.69) is 30.0 Å². The van der Waals surface area contributed by atoms with E-state index in [0.29, 0.717) is 6.61 Å². The van der Waals surface area contributed by atoms with Crippen LogP contribution in [-0.2, 0) is 17.9 Å². The lowest BCUT2D eigenvalue weighted by Gasteiger charge is -2.33. The van der Waals surface area contributed by atoms with Gasteiger partial charge >= 0.3 is 5.97 Å². The molecule has 4 nitrogen and oxygen atoms in total. The largest absolute Gasteiger partial charge is 0.492 e. The van der Waals surface area contributed by atoms with Crippen molar-refractivity contribution >= 4 is 5.97 Å². The van der Waals surface area contributed by atoms with Gasteiger partial charge in [-0.05, 0) is 73.7 Å². The fourth-order valence-corrected chi connectivity index (χ4v) is 4.87. The van der Waals surface area contributed by atoms with Gasteiger partial charge in [-0.1, -0.05) is 42.5 Å². The van der Waals surface area contributed by atoms with Gasteiger partial charge in [-0.2, -0.15) is 0 Å². The lowest BCUT2D eigenvalue weighted by atomic mass is 9.70. The molecule has 0 radical (unpaired) electrons. The Morgan fingerprint density at radius 1 is 1.09 bits per heavy atom. The molecule has 1 heterocycles. The molecule has 3 aromatic carbocycles. The molecule has 3 aromatic rings. The molecular formula is C29H32FNO3. The average Bonchev–Trinajstić information content (AvgIpc) is 2.99. The molecular weight excluding hydrogens is 429 g/mol. The third-order valence-corrected chi connectivity index (χ3v) is 6.95. The smallest absolute Gasteiger partial charge is 0.310 e. The summed E-state index contributed by atoms with van der Waals surface area (Å²) in [6.07, 6.45) is 0. The van der Waals surface area contributed by atoms with Crippen LogP contribution in [0.25, 0.3) is 0 Å². The summed E-state index contributed by atoms with van der Waals surface area (Å²) in [5, 5.41) is 10.1. The third kappa shape index (κ3) is 4.85. The number of aryl methyl sites for hydroxylation is 2. The number of carboxylic acids is 1. The monoisotopic (exact) mass is 461 g/mol. The molecule has 5 heteroatoms. The first-order valence-corrected chi connectivity index (χ1v) is 11.7. The summed E-state index contributed by atoms with van der Waals surface area (Å²) >= 11 is 0. The van der Waals surface area contributed by atoms with Crippen molar-refractivity contribution in [1.82, 2.24) is 4.90 Å². The van der Waals surface area contributed by atoms with Gasteiger partial charge in [0.15, 0.2) is 0 Å². The lowest BCUT2D eigenvalue weighted by Crippen LogP contribution is -2.33. The third-order valence-electron chi connectivity index (χ3n) is 6.95. The molecule has 0 aliphatic carbocycles. The molecule has 34 heavy (non-hydrogen) atoms. The summed E-state index contributed by atoms with van der Waals surface area (Å²) in [7, 11) is 0. The fourth-order valence-electron chi connectivity index (χ4n) is 4.87. The van der Waals surface area contributed by atoms with Crippen LogP contribution >= 0.6 is 0 Å². The quantitative estimate of drug-likeness (QED) is 0.483. The second-order valence-corrected chi connectivity index (χ2v) is 9.81. The molecule has 0 amide bonds. The Balaban J connectivity index is 1.71. The van der Waals surface area contributed by atoms with E-state index < -0.39 is 17.3 Å². The number of fused-ring (bicyclic) bond motifs is 1. The molecule has 1 unspecified atom stereocenters. The van der Waals surface area contributed by atoms with E-state index >= 15 is 0 Å². The normalized spacial score (nSPS) is 15.2. The maximum atomic E-state index is 13.9. The highest BCUT2D eigenvalue weighted by molar-refractivity contribution is 5.76. The van der Waals surface area contributed by atoms with Crippen LogP contribution in [0, 0.1) is 25.1 Å². The van der Waals surface area contributed by atoms with E-state index in [4.69, 9.17) is 4.74 Å². The van der Waals surface area contributed by atoms with Crippen LogP contribution in [-0.4, -0.2) is 29.1 Å². The average molecular weight is 462 g/mol. The minimum absolute atomic E-state index is 0.318. The molecule has 0 saturated carbocycles. The van der Waals surface area contributed by atoms with Gasteiger partial charge in [0, 0.05) is 31.1 Å². The summed E-state index contributed by atoms with van der Waals surface area (Å²) in [5.41, 5.74) is 4.91. The number of nitrogens with zero attached hydrogens (tertiary/aromatic N) is 1. The van der Waals surface area contributed by atoms with Gasteiger partial charge in [-0.15, -0.1) is 0 Å². The van der Waals surface area contributed by atoms with Gasteiger partial charge in [0.25, 0.3) is 0 Å². The molecule has 0 aromatic heterocycles. The summed E-state index contributed by atoms with van der Waals surface area (Å²) < 4.78 is 19.8. The van der Waals surface area contributed by atoms with E-state index in [1.807, 2.05) is 31.2 Å². The van der Waals surface area contributed by atoms with E-state index in [-0.39, 0.29) is 5.82 Å². The standard InChI is InChI=1S/C29H32FNO3/c1-19-9-10-21(27(29(3,4)28(32)33)25-12-11-24(30)15-20(25)2)16-23(19)18-31-13-14-34-26-8-6-5-7-22(26)17-31/h5-12,15-16,27H,13-14,17-18H2,1-4H3,(H,32,33). The van der Waals surface area contributed by atoms with Crippen LogP contribution in [0.2, 0.25) is 0 Å². The highest BCUT2D eigenvalue weighted by atomic mass is 19.1. The molecule has 1 atom stereocenters. The van der Waals surface area contributed by atoms with Crippen LogP contribution in [0.4, 0.5) is 4.39 Å². The van der Waals surface area contributed by atoms with Gasteiger partial charge in [-0.3, -0.25) is 9.69 Å². The maximum absolute atomic E-state index is 13.9. The Bertz CT molecular complexity index is 1200. The Hall–Kier alpha value is -3.18. The Morgan fingerprint density at radius 3 is 2.59 bits per heavy atom. The number of rotatable bonds is 6. The number of hydrogen-bond acceptors (Lipinski definition) is 3. The number of hydrogen-bond donors (Lipinski definition) is 1. The molecule has 0 saturated heterocycles. The van der Waals surface area contributed by atoms with Crippen molar-refractivity contribution in [2.24, 2.45) is 5.41 Å². The zero-order valence-corrected chi connectivity index (χ0v) is 20.3. The van der Waals surface area contributed by atoms with Crippen LogP contribution in [0.1, 0.15) is 53.1 Å². The molecule has 1 aliphatic rings. The van der Waals surface area contributed by atoms with E-state index in [1.165, 1.54) is 17.7 Å². The maximum Gasteiger partial charge on any atom is 0.310 e. The molecule has 178 valence electrons. The van der Waals surface area contributed by atoms with Gasteiger partial charge in [-0.25, -0.2) is 4.39 Å². The zero-order chi connectivity index (χ0) is 24.5. The Morgan fingerprint density at radius 2 is 1.85 bits per heavy atom. The number of halogens is 1. The Labute approximate surface area is 201 Å². The van der Waals surface area contributed by atoms with Crippen LogP contribution in [0.3, 0.4) is 0 Å². The fraction of sp³-hybridized carbons (Fsp3) is 0.345. The minimum atomic E-state index is -1.08. The van der Waals surface area contributed by atoms with E-state index in [9.17, 15) is 14.3 Å². The number of aliphatic carboxylic acids is 1. The summed E-state index contributed by atoms with van der Waals surface area (Å²) in [4.78, 5) is 14.7. The number of benzene rings is 3. The summed E-state index contributed by atoms with van der Waals surface area (Å²) in [6.45, 7) is 10.4. The van der Waals surface area contributed by atoms with Gasteiger partial charge in [0.2, 0.25) is 0 Å². The summed E-state index contributed by atoms with van der Waals surface area (Å²) in [6, 6.07) is 18.9. The van der Waals surface area contributed by atoms with Crippen molar-refractivity contribution in [3.05, 3.63) is 99.9 Å². The van der Waals surface area contributed by atoms with Crippen molar-refractivity contribution in [3.63, 3.8) is 0 Å². The molecule has 0 bridgehead atoms. The predicted molar refractivity (Wildman–Crippen MR) is 132 cm³/mol. The SMILES string of the molecule is Cc1ccc(C(c2ccc(F)cc2C)C(C)(C)C(=O)O)cc1CN1CCOc2ccccc2C1. The highest BCUT2D eigenvalue weighted by Gasteiger charge is 2.39. The number of carboxylic acid groups (broad SMARTS) is 1. The first-order valence-electron chi connectivity index (χ1n) is 11.7. The number of ether oxygens (including phenoxy) is 1. The first-order chi connectivity index (χ1) is 16.2. The van der Waals surface area contributed by atoms with Crippen molar-refractivity contribution in [1.29, 1.82) is 0 Å². The molecule has 0 spiro atoms. The van der Waals surface area contributed by atoms with Crippen LogP contribution in [0.15, 0.2) is 60.7 Å². The molecule has 1 aliphatic heterocycles. The van der Waals surface area contributed by atoms with Crippen molar-refractivity contribution in [2.75, 3.05) is 13.2 Å². The molecule has 4 rings (SSSR count). The number of carbonyl (C=O) groups is 1. The molecule has 1 N–H and O–H groups in total. The second kappa shape index (κ2) is 9.59. The molecule has 0 fully saturated rings. The van der Waals surface area contributed by atoms with Crippen molar-refractivity contribution in [3.8, 4) is 5.75 Å². The first kappa shape index (κ1) is 24.0. The van der Waals surface area contributed by atoms with Crippen molar-refractivity contribution < 1.29 is 19.0 Å². The van der Waals surface area contributed by atoms with E-state index in [1.54, 1.807) is 19.9 Å². The minimum Gasteiger partial charge on any atom is -0.492 e. The van der Waals surface area contributed by atoms with Gasteiger partial charge in [0.05, 0.1) is 5.41 Å². The van der Waals surface area contributed by atoms with Gasteiger partial charge < -0.3 is 9.84 Å². The van der Waals surface area contributed by atoms with Crippen LogP contribution < -0.4 is 4.74 Å². The van der Waals surface area contributed by atoms with Crippen molar-refractivity contribution in [2.45, 2.75) is 46.7 Å². The zero-order valence-electron chi connectivity index (χ0n) is 20.3. The number of para-hydroxylation sites is 1. The lowest BCUT2D eigenvalue weighted by molar-refractivity contribution is -0.147. The predicted octanol–water partition coefficient (Wildman–Crippen LogP) is 6.08. The second-order valence-electron chi connectivity index (χ2n) is 9.81. The summed E-state index contributed by atoms with van der Waals surface area (Å²) in [5.74, 6) is -0.685. The highest BCUT2D eigenvalue weighted by Crippen LogP contribution is 2.43.